The van der Waals surface area contributed by atoms with Gasteiger partial charge in [0.15, 0.2) is 0 Å². The molecule has 0 aromatic rings. The third-order valence-electron chi connectivity index (χ3n) is 0. The van der Waals surface area contributed by atoms with Crippen molar-refractivity contribution in [3.05, 3.63) is 0 Å². The molecule has 0 amide bonds. The molecule has 4 N–H and O–H groups in total. The molecule has 0 saturated heterocycles. The first-order valence-electron chi connectivity index (χ1n) is 1.30. The normalized spacial score (nSPS) is 5.33. The van der Waals surface area contributed by atoms with Gasteiger partial charge in [-0.25, -0.2) is 0 Å². The van der Waals surface area contributed by atoms with Crippen molar-refractivity contribution in [2.75, 3.05) is 0 Å². The predicted octanol–water partition coefficient (Wildman–Crippen LogP) is -3.38. The van der Waals surface area contributed by atoms with Crippen molar-refractivity contribution in [1.82, 2.24) is 0 Å². The number of rotatable bonds is 0. The second kappa shape index (κ2) is 11.3. The summed E-state index contributed by atoms with van der Waals surface area (Å²) in [4.78, 5) is 28.6. The molecule has 9 heavy (non-hydrogen) atoms. The van der Waals surface area contributed by atoms with E-state index in [0.29, 0.717) is 0 Å². The maximum absolute atomic E-state index is 8.74. The third-order valence-corrected chi connectivity index (χ3v) is 0. The van der Waals surface area contributed by atoms with E-state index in [1.54, 1.807) is 0 Å². The van der Waals surface area contributed by atoms with Crippen LogP contribution in [0.4, 0.5) is 0 Å². The first-order valence-corrected chi connectivity index (χ1v) is 3.91. The molecule has 0 heterocycles. The van der Waals surface area contributed by atoms with Gasteiger partial charge in [0.1, 0.15) is 0 Å². The van der Waals surface area contributed by atoms with E-state index in [4.69, 9.17) is 28.1 Å². The molecule has 0 fully saturated rings. The second-order valence-corrected chi connectivity index (χ2v) is 1.70. The van der Waals surface area contributed by atoms with Crippen molar-refractivity contribution in [3.63, 3.8) is 0 Å². The van der Waals surface area contributed by atoms with Crippen LogP contribution in [0.25, 0.3) is 0 Å². The Kier molecular flexibility index (Phi) is 20.4. The van der Waals surface area contributed by atoms with Crippen molar-refractivity contribution in [1.29, 1.82) is 0 Å². The Morgan fingerprint density at radius 2 is 0.889 bits per heavy atom. The standard InChI is InChI=1S/Ca.2H2O3Si.2H/c;2*1-4(2)3;;/h;2*1-2H;;/q+2;;;2*-1. The molecule has 0 rings (SSSR count). The van der Waals surface area contributed by atoms with Crippen LogP contribution in [0.3, 0.4) is 0 Å². The summed E-state index contributed by atoms with van der Waals surface area (Å²) in [7, 11) is -6.26. The molecule has 0 aromatic heterocycles. The summed E-state index contributed by atoms with van der Waals surface area (Å²) in [6.45, 7) is 0. The maximum Gasteiger partial charge on any atom is 2.00 e. The average Bonchev–Trinajstić information content (AvgIpc) is 1.25. The largest absolute Gasteiger partial charge is 2.00 e. The third kappa shape index (κ3) is 1470. The summed E-state index contributed by atoms with van der Waals surface area (Å²) >= 11 is 0. The summed E-state index contributed by atoms with van der Waals surface area (Å²) in [5.74, 6) is 0. The van der Waals surface area contributed by atoms with Gasteiger partial charge in [-0.05, 0) is 0 Å². The molecule has 0 aromatic carbocycles. The molecule has 0 aliphatic heterocycles. The van der Waals surface area contributed by atoms with Crippen molar-refractivity contribution >= 4 is 56.1 Å². The van der Waals surface area contributed by atoms with Crippen LogP contribution in [-0.4, -0.2) is 75.3 Å². The van der Waals surface area contributed by atoms with Crippen molar-refractivity contribution < 1.29 is 31.0 Å². The van der Waals surface area contributed by atoms with Crippen LogP contribution in [-0.2, 0) is 8.92 Å². The zero-order valence-electron chi connectivity index (χ0n) is 6.31. The zero-order chi connectivity index (χ0) is 7.15. The van der Waals surface area contributed by atoms with E-state index in [1.807, 2.05) is 0 Å². The summed E-state index contributed by atoms with van der Waals surface area (Å²) < 4.78 is 17.5. The Hall–Kier alpha value is 0.494. The van der Waals surface area contributed by atoms with Gasteiger partial charge in [-0.2, -0.15) is 0 Å². The molecule has 52 valence electrons. The van der Waals surface area contributed by atoms with Crippen molar-refractivity contribution in [3.8, 4) is 0 Å². The predicted molar refractivity (Wildman–Crippen MR) is 29.7 cm³/mol. The quantitative estimate of drug-likeness (QED) is 0.302. The van der Waals surface area contributed by atoms with E-state index in [-0.39, 0.29) is 40.6 Å². The maximum atomic E-state index is 8.74. The summed E-state index contributed by atoms with van der Waals surface area (Å²) in [5, 5.41) is 0. The van der Waals surface area contributed by atoms with E-state index in [1.165, 1.54) is 0 Å². The Morgan fingerprint density at radius 3 is 0.889 bits per heavy atom. The van der Waals surface area contributed by atoms with E-state index in [0.717, 1.165) is 0 Å². The smallest absolute Gasteiger partial charge is 1.00 e. The Bertz CT molecular complexity index is 76.6. The van der Waals surface area contributed by atoms with E-state index >= 15 is 0 Å². The van der Waals surface area contributed by atoms with Gasteiger partial charge in [0.2, 0.25) is 0 Å². The molecular weight excluding hydrogens is 192 g/mol. The minimum Gasteiger partial charge on any atom is -1.00 e. The molecule has 0 unspecified atom stereocenters. The van der Waals surface area contributed by atoms with Gasteiger partial charge in [0.25, 0.3) is 0 Å². The fraction of sp³-hybridized carbons (Fsp3) is 0. The van der Waals surface area contributed by atoms with Crippen LogP contribution < -0.4 is 0 Å². The molecule has 6 nitrogen and oxygen atoms in total. The molecule has 0 spiro atoms. The molecule has 0 radical (unpaired) electrons. The molecule has 0 aliphatic carbocycles. The Morgan fingerprint density at radius 1 is 0.889 bits per heavy atom. The van der Waals surface area contributed by atoms with Gasteiger partial charge >= 0.3 is 56.1 Å². The second-order valence-electron chi connectivity index (χ2n) is 0.565. The minimum atomic E-state index is -3.13. The minimum absolute atomic E-state index is 0. The van der Waals surface area contributed by atoms with Gasteiger partial charge in [-0.3, -0.25) is 8.92 Å². The number of hydrogen-bond donors (Lipinski definition) is 4. The first kappa shape index (κ1) is 16.2. The van der Waals surface area contributed by atoms with Crippen molar-refractivity contribution in [2.24, 2.45) is 0 Å². The topological polar surface area (TPSA) is 115 Å². The molecular formula is H6CaO6Si2. The Balaban J connectivity index is -0.0000000171. The fourth-order valence-electron chi connectivity index (χ4n) is 0. The monoisotopic (exact) mass is 198 g/mol. The molecule has 0 aliphatic rings. The van der Waals surface area contributed by atoms with E-state index < -0.39 is 18.3 Å². The average molecular weight is 198 g/mol. The summed E-state index contributed by atoms with van der Waals surface area (Å²) in [5.41, 5.74) is 0. The van der Waals surface area contributed by atoms with Crippen LogP contribution >= 0.6 is 0 Å². The van der Waals surface area contributed by atoms with E-state index in [9.17, 15) is 0 Å². The van der Waals surface area contributed by atoms with Crippen LogP contribution in [0.15, 0.2) is 0 Å². The van der Waals surface area contributed by atoms with Crippen LogP contribution in [0.5, 0.6) is 0 Å². The molecule has 0 bridgehead atoms. The molecule has 9 heteroatoms. The fourth-order valence-corrected chi connectivity index (χ4v) is 0. The zero-order valence-corrected chi connectivity index (χ0v) is 8.52. The van der Waals surface area contributed by atoms with Crippen molar-refractivity contribution in [2.45, 2.75) is 0 Å². The van der Waals surface area contributed by atoms with Gasteiger partial charge in [-0.1, -0.05) is 0 Å². The van der Waals surface area contributed by atoms with Gasteiger partial charge < -0.3 is 22.0 Å². The van der Waals surface area contributed by atoms with Gasteiger partial charge in [0, 0.05) is 0 Å². The number of hydrogen-bond acceptors (Lipinski definition) is 2. The SMILES string of the molecule is O=[Si](O)O.O=[Si](O)O.[Ca+2].[H-].[H-]. The van der Waals surface area contributed by atoms with E-state index in [2.05, 4.69) is 0 Å². The summed E-state index contributed by atoms with van der Waals surface area (Å²) in [6, 6.07) is 0. The van der Waals surface area contributed by atoms with Crippen LogP contribution in [0.1, 0.15) is 2.85 Å². The van der Waals surface area contributed by atoms with Crippen LogP contribution in [0, 0.1) is 0 Å². The first-order chi connectivity index (χ1) is 3.46. The molecule has 0 saturated carbocycles. The van der Waals surface area contributed by atoms with Gasteiger partial charge in [0.05, 0.1) is 0 Å². The Labute approximate surface area is 86.5 Å². The van der Waals surface area contributed by atoms with Crippen LogP contribution in [0.2, 0.25) is 0 Å². The summed E-state index contributed by atoms with van der Waals surface area (Å²) in [6.07, 6.45) is 0. The van der Waals surface area contributed by atoms with Gasteiger partial charge in [-0.15, -0.1) is 0 Å². The molecule has 0 atom stereocenters.